The fraction of sp³-hybridized carbons (Fsp3) is 0.400. The number of nitrogens with one attached hydrogen (secondary N) is 1. The van der Waals surface area contributed by atoms with Crippen molar-refractivity contribution in [3.05, 3.63) is 23.8 Å². The van der Waals surface area contributed by atoms with Crippen molar-refractivity contribution in [1.82, 2.24) is 0 Å². The summed E-state index contributed by atoms with van der Waals surface area (Å²) in [6, 6.07) is 5.58. The zero-order chi connectivity index (χ0) is 10.6. The second-order valence-electron chi connectivity index (χ2n) is 3.17. The predicted molar refractivity (Wildman–Crippen MR) is 62.5 cm³/mol. The molecule has 1 unspecified atom stereocenters. The van der Waals surface area contributed by atoms with Gasteiger partial charge in [-0.25, -0.2) is 4.21 Å². The molecule has 4 heteroatoms. The van der Waals surface area contributed by atoms with Crippen molar-refractivity contribution in [2.75, 3.05) is 16.2 Å². The van der Waals surface area contributed by atoms with Gasteiger partial charge in [0.25, 0.3) is 0 Å². The molecule has 3 nitrogen and oxygen atoms in total. The summed E-state index contributed by atoms with van der Waals surface area (Å²) < 4.78 is 14.4. The summed E-state index contributed by atoms with van der Waals surface area (Å²) in [6.07, 6.45) is 0.904. The Morgan fingerprint density at radius 3 is 2.86 bits per heavy atom. The van der Waals surface area contributed by atoms with Crippen LogP contribution in [0, 0.1) is 6.92 Å². The second-order valence-corrected chi connectivity index (χ2v) is 4.47. The molecule has 0 saturated carbocycles. The largest absolute Gasteiger partial charge is 0.398 e. The van der Waals surface area contributed by atoms with Crippen molar-refractivity contribution in [3.8, 4) is 0 Å². The summed E-state index contributed by atoms with van der Waals surface area (Å²) >= 11 is 0. The molecule has 0 heterocycles. The van der Waals surface area contributed by atoms with Gasteiger partial charge in [-0.05, 0) is 31.0 Å². The number of hydrogen-bond acceptors (Lipinski definition) is 2. The molecule has 3 N–H and O–H groups in total. The van der Waals surface area contributed by atoms with E-state index in [0.29, 0.717) is 5.75 Å². The molecule has 0 fully saturated rings. The first-order valence-electron chi connectivity index (χ1n) is 4.65. The summed E-state index contributed by atoms with van der Waals surface area (Å²) in [6.45, 7) is 3.92. The van der Waals surface area contributed by atoms with Crippen molar-refractivity contribution >= 4 is 22.4 Å². The molecular weight excluding hydrogens is 196 g/mol. The second kappa shape index (κ2) is 5.00. The van der Waals surface area contributed by atoms with E-state index in [1.165, 1.54) is 0 Å². The lowest BCUT2D eigenvalue weighted by atomic mass is 10.2. The Hall–Kier alpha value is -1.03. The molecule has 0 aromatic heterocycles. The first-order valence-corrected chi connectivity index (χ1v) is 5.97. The third-order valence-electron chi connectivity index (χ3n) is 1.99. The van der Waals surface area contributed by atoms with Crippen LogP contribution in [0.5, 0.6) is 0 Å². The minimum absolute atomic E-state index is 0.661. The van der Waals surface area contributed by atoms with Crippen molar-refractivity contribution < 1.29 is 4.21 Å². The Morgan fingerprint density at radius 1 is 1.50 bits per heavy atom. The van der Waals surface area contributed by atoms with Crippen LogP contribution in [0.3, 0.4) is 0 Å². The van der Waals surface area contributed by atoms with Gasteiger partial charge in [0.1, 0.15) is 11.0 Å². The highest BCUT2D eigenvalue weighted by Crippen LogP contribution is 2.20. The van der Waals surface area contributed by atoms with E-state index >= 15 is 0 Å². The smallest absolute Gasteiger partial charge is 0.117 e. The summed E-state index contributed by atoms with van der Waals surface area (Å²) in [5.41, 5.74) is 8.27. The van der Waals surface area contributed by atoms with Crippen molar-refractivity contribution in [2.24, 2.45) is 0 Å². The first kappa shape index (κ1) is 11.0. The maximum absolute atomic E-state index is 11.4. The van der Waals surface area contributed by atoms with E-state index < -0.39 is 11.0 Å². The van der Waals surface area contributed by atoms with Gasteiger partial charge >= 0.3 is 0 Å². The number of hydrogen-bond donors (Lipinski definition) is 2. The fourth-order valence-electron chi connectivity index (χ4n) is 1.12. The standard InChI is InChI=1S/C10H16N2OS/c1-3-7-14(13)12-10-6-4-5-9(11)8(10)2/h4-6,12H,3,7,11H2,1-2H3. The SMILES string of the molecule is CCCS(=O)Nc1cccc(N)c1C. The van der Waals surface area contributed by atoms with Crippen molar-refractivity contribution in [1.29, 1.82) is 0 Å². The molecule has 0 amide bonds. The Bertz CT molecular complexity index is 339. The lowest BCUT2D eigenvalue weighted by Gasteiger charge is -2.09. The van der Waals surface area contributed by atoms with Crippen LogP contribution < -0.4 is 10.5 Å². The highest BCUT2D eigenvalue weighted by atomic mass is 32.2. The maximum Gasteiger partial charge on any atom is 0.117 e. The molecule has 0 aliphatic rings. The lowest BCUT2D eigenvalue weighted by molar-refractivity contribution is 0.685. The van der Waals surface area contributed by atoms with Crippen molar-refractivity contribution in [2.45, 2.75) is 20.3 Å². The minimum atomic E-state index is -0.995. The normalized spacial score (nSPS) is 12.4. The average molecular weight is 212 g/mol. The zero-order valence-corrected chi connectivity index (χ0v) is 9.36. The van der Waals surface area contributed by atoms with Gasteiger partial charge in [0, 0.05) is 11.4 Å². The number of rotatable bonds is 4. The topological polar surface area (TPSA) is 55.1 Å². The van der Waals surface area contributed by atoms with Crippen LogP contribution >= 0.6 is 0 Å². The third-order valence-corrected chi connectivity index (χ3v) is 3.22. The molecule has 1 aromatic rings. The van der Waals surface area contributed by atoms with Gasteiger partial charge in [-0.1, -0.05) is 13.0 Å². The zero-order valence-electron chi connectivity index (χ0n) is 8.54. The van der Waals surface area contributed by atoms with E-state index in [9.17, 15) is 4.21 Å². The molecule has 1 rings (SSSR count). The molecule has 0 spiro atoms. The number of nitrogens with two attached hydrogens (primary N) is 1. The van der Waals surface area contributed by atoms with E-state index in [-0.39, 0.29) is 0 Å². The lowest BCUT2D eigenvalue weighted by Crippen LogP contribution is -2.09. The molecule has 0 aliphatic carbocycles. The summed E-state index contributed by atoms with van der Waals surface area (Å²) in [5, 5.41) is 0. The molecule has 0 saturated heterocycles. The third kappa shape index (κ3) is 2.73. The molecule has 1 atom stereocenters. The highest BCUT2D eigenvalue weighted by molar-refractivity contribution is 7.86. The van der Waals surface area contributed by atoms with Gasteiger partial charge in [0.05, 0.1) is 5.69 Å². The maximum atomic E-state index is 11.4. The molecule has 0 aliphatic heterocycles. The van der Waals surface area contributed by atoms with Gasteiger partial charge in [0.2, 0.25) is 0 Å². The van der Waals surface area contributed by atoms with E-state index in [1.54, 1.807) is 0 Å². The van der Waals surface area contributed by atoms with Gasteiger partial charge < -0.3 is 10.5 Å². The number of benzene rings is 1. The summed E-state index contributed by atoms with van der Waals surface area (Å²) in [5.74, 6) is 0.661. The van der Waals surface area contributed by atoms with Gasteiger partial charge in [0.15, 0.2) is 0 Å². The highest BCUT2D eigenvalue weighted by Gasteiger charge is 2.03. The first-order chi connectivity index (χ1) is 6.65. The Kier molecular flexibility index (Phi) is 3.95. The van der Waals surface area contributed by atoms with Crippen LogP contribution in [-0.4, -0.2) is 9.96 Å². The molecule has 0 radical (unpaired) electrons. The molecule has 78 valence electrons. The molecule has 0 bridgehead atoms. The van der Waals surface area contributed by atoms with Crippen LogP contribution in [-0.2, 0) is 11.0 Å². The van der Waals surface area contributed by atoms with Crippen molar-refractivity contribution in [3.63, 3.8) is 0 Å². The van der Waals surface area contributed by atoms with Crippen LogP contribution in [0.2, 0.25) is 0 Å². The monoisotopic (exact) mass is 212 g/mol. The average Bonchev–Trinajstić information content (AvgIpc) is 2.13. The van der Waals surface area contributed by atoms with Crippen LogP contribution in [0.1, 0.15) is 18.9 Å². The van der Waals surface area contributed by atoms with Gasteiger partial charge in [-0.15, -0.1) is 0 Å². The van der Waals surface area contributed by atoms with Crippen LogP contribution in [0.15, 0.2) is 18.2 Å². The van der Waals surface area contributed by atoms with E-state index in [1.807, 2.05) is 32.0 Å². The van der Waals surface area contributed by atoms with E-state index in [2.05, 4.69) is 4.72 Å². The quantitative estimate of drug-likeness (QED) is 0.751. The fourth-order valence-corrected chi connectivity index (χ4v) is 2.06. The summed E-state index contributed by atoms with van der Waals surface area (Å²) in [7, 11) is -0.995. The minimum Gasteiger partial charge on any atom is -0.398 e. The Labute approximate surface area is 87.3 Å². The van der Waals surface area contributed by atoms with E-state index in [0.717, 1.165) is 23.4 Å². The molecule has 14 heavy (non-hydrogen) atoms. The Balaban J connectivity index is 2.76. The van der Waals surface area contributed by atoms with Gasteiger partial charge in [-0.2, -0.15) is 0 Å². The van der Waals surface area contributed by atoms with E-state index in [4.69, 9.17) is 5.73 Å². The summed E-state index contributed by atoms with van der Waals surface area (Å²) in [4.78, 5) is 0. The number of nitrogen functional groups attached to an aromatic ring is 1. The number of anilines is 2. The predicted octanol–water partition coefficient (Wildman–Crippen LogP) is 2.06. The Morgan fingerprint density at radius 2 is 2.21 bits per heavy atom. The van der Waals surface area contributed by atoms with Gasteiger partial charge in [-0.3, -0.25) is 0 Å². The van der Waals surface area contributed by atoms with Crippen LogP contribution in [0.4, 0.5) is 11.4 Å². The van der Waals surface area contributed by atoms with Crippen LogP contribution in [0.25, 0.3) is 0 Å². The molecule has 1 aromatic carbocycles. The molecular formula is C10H16N2OS.